The predicted molar refractivity (Wildman–Crippen MR) is 553 cm³/mol. The van der Waals surface area contributed by atoms with Crippen molar-refractivity contribution in [1.82, 2.24) is 9.80 Å². The Morgan fingerprint density at radius 1 is 0.403 bits per heavy atom. The molecule has 1 atom stereocenters. The standard InChI is InChI=1S/C32H35NO6S.C29H35NO5S.C24H25ClN2O5S.C24H25N3O7S/c1-4-5-6-10-13-29(33-39-23(2)35)30(36)24-14-18-27(19-15-24)40-28-20-16-25(17-21-28)31(37)32(22-34,38-3)26-11-8-7-9-12-26;1-3-4-5-7-10-26(30-35-21(2)31)27(32)22-11-15-24(16-12-22)36-25-17-13-23(14-18-25)28(33)29(34)19-8-6-9-20-29;1-16(28)32-26-23(25)21(29)17-4-8-19(9-5-17)33-20-10-6-18(7-11-20)22(30)24(2,3)27-12-14-31-15-13-27;1-16(28)34-25-23(27(31)32)21(29)17-4-8-19(9-5-17)35-20-10-6-18(7-11-20)22(30)24(2,3)26-12-14-33-15-13-26/h7-9,11-12,14-21,34H,4-6,10,13,22H2,1-3H3;11-18,34H,3-10,19-20H2,1-2H3;4-11H,12-15H2,1-3H3;4-11H,12-15H2,1-3H3/b33-29+;30-26+;26-23-;25-23-. The van der Waals surface area contributed by atoms with Crippen LogP contribution in [0.1, 0.15) is 254 Å². The minimum Gasteiger partial charge on any atom is -0.392 e. The molecule has 12 rings (SSSR count). The van der Waals surface area contributed by atoms with Crippen molar-refractivity contribution in [1.29, 1.82) is 0 Å². The van der Waals surface area contributed by atoms with Crippen molar-refractivity contribution in [3.63, 3.8) is 0 Å². The molecule has 0 radical (unpaired) electrons. The van der Waals surface area contributed by atoms with Gasteiger partial charge in [-0.1, -0.05) is 225 Å². The highest BCUT2D eigenvalue weighted by Crippen LogP contribution is 2.38. The molecule has 35 heteroatoms. The number of hydrogen-bond donors (Lipinski definition) is 2. The molecule has 2 aliphatic heterocycles. The molecule has 1 saturated carbocycles. The number of amidine groups is 1. The summed E-state index contributed by atoms with van der Waals surface area (Å²) in [4.78, 5) is 187. The highest BCUT2D eigenvalue weighted by molar-refractivity contribution is 8.00. The lowest BCUT2D eigenvalue weighted by Gasteiger charge is -2.39. The molecule has 0 bridgehead atoms. The van der Waals surface area contributed by atoms with Crippen LogP contribution < -0.4 is 0 Å². The lowest BCUT2D eigenvalue weighted by Crippen LogP contribution is -2.54. The maximum absolute atomic E-state index is 13.4. The average molecular weight is 2060 g/mol. The first-order chi connectivity index (χ1) is 68.9. The predicted octanol–water partition coefficient (Wildman–Crippen LogP) is 21.3. The number of methoxy groups -OCH3 is 1. The molecule has 30 nitrogen and oxygen atoms in total. The smallest absolute Gasteiger partial charge is 0.392 e. The van der Waals surface area contributed by atoms with Crippen LogP contribution in [-0.2, 0) is 58.3 Å². The number of oxime groups is 4. The Morgan fingerprint density at radius 2 is 0.701 bits per heavy atom. The maximum Gasteiger partial charge on any atom is 0.458 e. The molecule has 0 aromatic heterocycles. The van der Waals surface area contributed by atoms with Crippen LogP contribution in [-0.4, -0.2) is 201 Å². The van der Waals surface area contributed by atoms with Gasteiger partial charge in [0.2, 0.25) is 28.3 Å². The molecule has 0 amide bonds. The zero-order valence-corrected chi connectivity index (χ0v) is 86.5. The van der Waals surface area contributed by atoms with Gasteiger partial charge in [0.15, 0.2) is 28.1 Å². The van der Waals surface area contributed by atoms with E-state index in [-0.39, 0.29) is 51.7 Å². The molecule has 2 N–H and O–H groups in total. The van der Waals surface area contributed by atoms with Crippen molar-refractivity contribution in [3.8, 4) is 0 Å². The van der Waals surface area contributed by atoms with Crippen LogP contribution in [0.15, 0.2) is 284 Å². The van der Waals surface area contributed by atoms with Gasteiger partial charge in [-0.3, -0.25) is 48.2 Å². The van der Waals surface area contributed by atoms with Gasteiger partial charge in [0.25, 0.3) is 5.78 Å². The number of carbonyl (C=O) groups is 12. The number of aliphatic hydroxyl groups is 2. The molecule has 3 aliphatic rings. The van der Waals surface area contributed by atoms with Gasteiger partial charge in [-0.15, -0.1) is 0 Å². The van der Waals surface area contributed by atoms with E-state index in [0.717, 1.165) is 137 Å². The summed E-state index contributed by atoms with van der Waals surface area (Å²) in [6.45, 7) is 21.6. The van der Waals surface area contributed by atoms with E-state index in [9.17, 15) is 77.9 Å². The van der Waals surface area contributed by atoms with E-state index < -0.39 is 80.3 Å². The summed E-state index contributed by atoms with van der Waals surface area (Å²) in [5.74, 6) is -6.16. The van der Waals surface area contributed by atoms with Gasteiger partial charge in [0, 0.05) is 145 Å². The highest BCUT2D eigenvalue weighted by Gasteiger charge is 2.42. The summed E-state index contributed by atoms with van der Waals surface area (Å²) in [6, 6.07) is 65.5. The fourth-order valence-electron chi connectivity index (χ4n) is 15.4. The first kappa shape index (κ1) is 115. The number of carbonyl (C=O) groups excluding carboxylic acids is 12. The number of halogens is 1. The number of hydrogen-bond acceptors (Lipinski definition) is 33. The third kappa shape index (κ3) is 34.5. The fraction of sp³-hybridized carbons (Fsp3) is 0.358. The van der Waals surface area contributed by atoms with E-state index in [1.165, 1.54) is 80.1 Å². The van der Waals surface area contributed by atoms with Crippen LogP contribution in [0.3, 0.4) is 0 Å². The van der Waals surface area contributed by atoms with E-state index in [2.05, 4.69) is 53.9 Å². The van der Waals surface area contributed by atoms with Crippen LogP contribution >= 0.6 is 58.6 Å². The normalized spacial score (nSPS) is 14.5. The van der Waals surface area contributed by atoms with Gasteiger partial charge in [-0.25, -0.2) is 24.0 Å². The minimum absolute atomic E-state index is 0.0308. The molecular formula is C109H120ClN7O23S4. The Balaban J connectivity index is 0.000000214. The number of nitrogens with zero attached hydrogens (tertiary/aromatic N) is 7. The molecule has 760 valence electrons. The summed E-state index contributed by atoms with van der Waals surface area (Å²) in [5, 5.41) is 45.5. The maximum atomic E-state index is 13.4. The second-order valence-electron chi connectivity index (χ2n) is 34.8. The Hall–Kier alpha value is -12.3. The molecule has 1 aliphatic carbocycles. The second-order valence-corrected chi connectivity index (χ2v) is 39.7. The molecule has 1 unspecified atom stereocenters. The van der Waals surface area contributed by atoms with Crippen molar-refractivity contribution in [2.45, 2.75) is 227 Å². The van der Waals surface area contributed by atoms with Gasteiger partial charge in [0.1, 0.15) is 17.0 Å². The third-order valence-corrected chi connectivity index (χ3v) is 27.9. The summed E-state index contributed by atoms with van der Waals surface area (Å²) in [6.07, 6.45) is 12.7. The second kappa shape index (κ2) is 57.4. The summed E-state index contributed by atoms with van der Waals surface area (Å²) in [7, 11) is 1.41. The molecule has 3 fully saturated rings. The van der Waals surface area contributed by atoms with Crippen LogP contribution in [0.5, 0.6) is 0 Å². The van der Waals surface area contributed by atoms with Crippen LogP contribution in [0.25, 0.3) is 0 Å². The number of ether oxygens (including phenoxy) is 3. The van der Waals surface area contributed by atoms with Crippen LogP contribution in [0.4, 0.5) is 0 Å². The Bertz CT molecular complexity index is 6030. The molecule has 144 heavy (non-hydrogen) atoms. The SMILES string of the molecule is CC(=O)O/N=C(/C(=O)c1ccc(Sc2ccc(C(=O)C(C)(C)N3CCOCC3)cc2)cc1)[N+](=O)[O-].CC(=O)O/N=C(\Cl)C(=O)c1ccc(Sc2ccc(C(=O)C(C)(C)N3CCOCC3)cc2)cc1.CCCCCC/C(=N\OC(C)=O)C(=O)c1ccc(Sc2ccc(C(=O)C(CO)(OC)c3ccccc3)cc2)cc1.CCCCCC/C(=N\OC(C)=O)C(=O)c1ccc(Sc2ccc(C(=O)C3(O)CCCCC3)cc2)cc1. The van der Waals surface area contributed by atoms with Crippen molar-refractivity contribution in [3.05, 3.63) is 285 Å². The zero-order chi connectivity index (χ0) is 105. The van der Waals surface area contributed by atoms with Gasteiger partial charge >= 0.3 is 29.7 Å². The van der Waals surface area contributed by atoms with Crippen molar-refractivity contribution >= 4 is 151 Å². The number of Topliss-reactive ketones (excluding diaryl/α,β-unsaturated/α-hetero) is 8. The number of aliphatic hydroxyl groups excluding tert-OH is 1. The van der Waals surface area contributed by atoms with Gasteiger partial charge in [-0.2, -0.15) is 0 Å². The van der Waals surface area contributed by atoms with Crippen molar-refractivity contribution in [2.24, 2.45) is 20.6 Å². The van der Waals surface area contributed by atoms with E-state index in [4.69, 9.17) is 35.5 Å². The Morgan fingerprint density at radius 3 is 1.01 bits per heavy atom. The Kier molecular flexibility index (Phi) is 46.0. The Labute approximate surface area is 860 Å². The summed E-state index contributed by atoms with van der Waals surface area (Å²) in [5.41, 5.74) is 0.665. The van der Waals surface area contributed by atoms with Crippen molar-refractivity contribution in [2.75, 3.05) is 66.3 Å². The number of benzene rings is 9. The first-order valence-electron chi connectivity index (χ1n) is 47.2. The number of unbranched alkanes of at least 4 members (excludes halogenated alkanes) is 6. The number of nitro groups is 1. The van der Waals surface area contributed by atoms with Gasteiger partial charge < -0.3 is 49.1 Å². The monoisotopic (exact) mass is 2060 g/mol. The topological polar surface area (TPSA) is 409 Å². The minimum atomic E-state index is -1.48. The molecule has 9 aromatic carbocycles. The molecule has 9 aromatic rings. The zero-order valence-electron chi connectivity index (χ0n) is 82.4. The quantitative estimate of drug-likeness (QED) is 0.00681. The van der Waals surface area contributed by atoms with Crippen LogP contribution in [0, 0.1) is 10.1 Å². The molecule has 0 spiro atoms. The van der Waals surface area contributed by atoms with Crippen LogP contribution in [0.2, 0.25) is 0 Å². The third-order valence-electron chi connectivity index (χ3n) is 23.6. The van der Waals surface area contributed by atoms with Gasteiger partial charge in [-0.05, 0) is 222 Å². The van der Waals surface area contributed by atoms with E-state index in [1.54, 1.807) is 121 Å². The first-order valence-corrected chi connectivity index (χ1v) is 50.9. The summed E-state index contributed by atoms with van der Waals surface area (Å²) < 4.78 is 16.3. The molecule has 2 saturated heterocycles. The largest absolute Gasteiger partial charge is 0.458 e. The number of morpholine rings is 2. The lowest BCUT2D eigenvalue weighted by molar-refractivity contribution is -0.349. The van der Waals surface area contributed by atoms with E-state index in [1.807, 2.05) is 119 Å². The number of ketones is 8. The fourth-order valence-corrected chi connectivity index (χ4v) is 18.8. The number of rotatable bonds is 43. The highest BCUT2D eigenvalue weighted by atomic mass is 35.5. The molecular weight excluding hydrogens is 1940 g/mol. The molecule has 2 heterocycles. The average Bonchev–Trinajstić information content (AvgIpc) is 0.779. The van der Waals surface area contributed by atoms with E-state index in [0.29, 0.717) is 110 Å². The van der Waals surface area contributed by atoms with Gasteiger partial charge in [0.05, 0.1) is 44.1 Å². The van der Waals surface area contributed by atoms with Crippen molar-refractivity contribution < 1.29 is 106 Å². The van der Waals surface area contributed by atoms with E-state index >= 15 is 0 Å². The summed E-state index contributed by atoms with van der Waals surface area (Å²) >= 11 is 11.7. The lowest BCUT2D eigenvalue weighted by atomic mass is 9.79.